The Morgan fingerprint density at radius 1 is 1.38 bits per heavy atom. The van der Waals surface area contributed by atoms with Crippen LogP contribution in [-0.4, -0.2) is 20.6 Å². The van der Waals surface area contributed by atoms with Gasteiger partial charge in [-0.15, -0.1) is 0 Å². The van der Waals surface area contributed by atoms with Gasteiger partial charge in [-0.3, -0.25) is 19.6 Å². The first-order valence-corrected chi connectivity index (χ1v) is 8.03. The van der Waals surface area contributed by atoms with Crippen LogP contribution in [0.4, 0.5) is 20.2 Å². The number of halogens is 4. The second kappa shape index (κ2) is 7.34. The number of carbonyl (C=O) groups excluding carboxylic acids is 1. The molecule has 1 heterocycles. The van der Waals surface area contributed by atoms with Gasteiger partial charge in [0.15, 0.2) is 0 Å². The molecule has 128 valence electrons. The number of aromatic nitrogens is 2. The SMILES string of the molecule is Cc1cc(C(F)F)n(CC(=O)Nc2c(Br)cc([N+](=O)[O-])cc2Br)n1. The fourth-order valence-corrected chi connectivity index (χ4v) is 3.33. The van der Waals surface area contributed by atoms with E-state index in [0.29, 0.717) is 5.69 Å². The first-order chi connectivity index (χ1) is 11.2. The minimum absolute atomic E-state index is 0.172. The van der Waals surface area contributed by atoms with Crippen LogP contribution in [-0.2, 0) is 11.3 Å². The summed E-state index contributed by atoms with van der Waals surface area (Å²) in [5.41, 5.74) is 0.0998. The summed E-state index contributed by atoms with van der Waals surface area (Å²) in [4.78, 5) is 22.3. The lowest BCUT2D eigenvalue weighted by atomic mass is 10.3. The predicted octanol–water partition coefficient (Wildman–Crippen LogP) is 4.20. The Kier molecular flexibility index (Phi) is 5.65. The highest BCUT2D eigenvalue weighted by molar-refractivity contribution is 9.11. The van der Waals surface area contributed by atoms with E-state index in [9.17, 15) is 23.7 Å². The van der Waals surface area contributed by atoms with E-state index < -0.39 is 23.8 Å². The Balaban J connectivity index is 2.20. The van der Waals surface area contributed by atoms with Crippen molar-refractivity contribution in [3.8, 4) is 0 Å². The second-order valence-electron chi connectivity index (χ2n) is 4.76. The van der Waals surface area contributed by atoms with Crippen LogP contribution in [0.25, 0.3) is 0 Å². The van der Waals surface area contributed by atoms with Crippen LogP contribution >= 0.6 is 31.9 Å². The quantitative estimate of drug-likeness (QED) is 0.527. The number of amides is 1. The van der Waals surface area contributed by atoms with Crippen molar-refractivity contribution >= 4 is 49.1 Å². The van der Waals surface area contributed by atoms with Crippen LogP contribution in [0.5, 0.6) is 0 Å². The molecule has 0 bridgehead atoms. The van der Waals surface area contributed by atoms with Crippen molar-refractivity contribution in [3.63, 3.8) is 0 Å². The van der Waals surface area contributed by atoms with Gasteiger partial charge in [0.05, 0.1) is 16.3 Å². The number of benzene rings is 1. The fraction of sp³-hybridized carbons (Fsp3) is 0.231. The minimum Gasteiger partial charge on any atom is -0.323 e. The van der Waals surface area contributed by atoms with E-state index in [1.54, 1.807) is 6.92 Å². The normalized spacial score (nSPS) is 10.9. The van der Waals surface area contributed by atoms with E-state index in [-0.39, 0.29) is 26.0 Å². The maximum atomic E-state index is 12.9. The molecule has 1 amide bonds. The molecule has 24 heavy (non-hydrogen) atoms. The number of nitrogens with one attached hydrogen (secondary N) is 1. The highest BCUT2D eigenvalue weighted by Gasteiger charge is 2.19. The molecule has 0 aliphatic rings. The lowest BCUT2D eigenvalue weighted by Crippen LogP contribution is -2.21. The van der Waals surface area contributed by atoms with Crippen LogP contribution in [0.3, 0.4) is 0 Å². The highest BCUT2D eigenvalue weighted by Crippen LogP contribution is 2.35. The molecule has 0 atom stereocenters. The van der Waals surface area contributed by atoms with Crippen LogP contribution in [0.2, 0.25) is 0 Å². The molecule has 1 aromatic heterocycles. The number of alkyl halides is 2. The Labute approximate surface area is 151 Å². The molecule has 2 rings (SSSR count). The number of anilines is 1. The van der Waals surface area contributed by atoms with Crippen molar-refractivity contribution < 1.29 is 18.5 Å². The van der Waals surface area contributed by atoms with Gasteiger partial charge in [0, 0.05) is 21.1 Å². The summed E-state index contributed by atoms with van der Waals surface area (Å²) in [5, 5.41) is 17.1. The summed E-state index contributed by atoms with van der Waals surface area (Å²) in [6.45, 7) is 1.13. The van der Waals surface area contributed by atoms with Gasteiger partial charge in [-0.1, -0.05) is 0 Å². The monoisotopic (exact) mass is 466 g/mol. The van der Waals surface area contributed by atoms with Crippen LogP contribution < -0.4 is 5.32 Å². The van der Waals surface area contributed by atoms with E-state index in [1.165, 1.54) is 18.2 Å². The molecule has 0 aliphatic carbocycles. The van der Waals surface area contributed by atoms with E-state index in [1.807, 2.05) is 0 Å². The van der Waals surface area contributed by atoms with Crippen molar-refractivity contribution in [2.24, 2.45) is 0 Å². The number of nitro groups is 1. The van der Waals surface area contributed by atoms with Gasteiger partial charge in [0.25, 0.3) is 12.1 Å². The number of rotatable bonds is 5. The third kappa shape index (κ3) is 4.15. The van der Waals surface area contributed by atoms with Gasteiger partial charge >= 0.3 is 0 Å². The number of hydrogen-bond acceptors (Lipinski definition) is 4. The first kappa shape index (κ1) is 18.5. The molecule has 0 saturated heterocycles. The molecule has 0 saturated carbocycles. The number of nitrogens with zero attached hydrogens (tertiary/aromatic N) is 3. The summed E-state index contributed by atoms with van der Waals surface area (Å²) in [5.74, 6) is -0.602. The maximum absolute atomic E-state index is 12.9. The Morgan fingerprint density at radius 3 is 2.46 bits per heavy atom. The van der Waals surface area contributed by atoms with Gasteiger partial charge in [0.1, 0.15) is 12.2 Å². The summed E-state index contributed by atoms with van der Waals surface area (Å²) >= 11 is 6.26. The zero-order chi connectivity index (χ0) is 18.0. The van der Waals surface area contributed by atoms with Gasteiger partial charge in [0.2, 0.25) is 5.91 Å². The molecule has 0 unspecified atom stereocenters. The van der Waals surface area contributed by atoms with Crippen molar-refractivity contribution in [2.45, 2.75) is 19.9 Å². The van der Waals surface area contributed by atoms with Crippen molar-refractivity contribution in [2.75, 3.05) is 5.32 Å². The molecule has 1 N–H and O–H groups in total. The van der Waals surface area contributed by atoms with Gasteiger partial charge in [-0.2, -0.15) is 5.10 Å². The van der Waals surface area contributed by atoms with E-state index in [2.05, 4.69) is 42.3 Å². The molecule has 0 aliphatic heterocycles. The highest BCUT2D eigenvalue weighted by atomic mass is 79.9. The molecule has 0 spiro atoms. The van der Waals surface area contributed by atoms with Crippen LogP contribution in [0, 0.1) is 17.0 Å². The fourth-order valence-electron chi connectivity index (χ4n) is 1.97. The predicted molar refractivity (Wildman–Crippen MR) is 89.0 cm³/mol. The average molecular weight is 468 g/mol. The molecular formula is C13H10Br2F2N4O3. The number of carbonyl (C=O) groups is 1. The third-order valence-electron chi connectivity index (χ3n) is 2.95. The zero-order valence-corrected chi connectivity index (χ0v) is 15.3. The number of hydrogen-bond donors (Lipinski definition) is 1. The number of aryl methyl sites for hydroxylation is 1. The minimum atomic E-state index is -2.75. The van der Waals surface area contributed by atoms with Crippen molar-refractivity contribution in [1.29, 1.82) is 0 Å². The van der Waals surface area contributed by atoms with Gasteiger partial charge in [-0.25, -0.2) is 8.78 Å². The molecule has 1 aromatic carbocycles. The topological polar surface area (TPSA) is 90.1 Å². The molecule has 0 fully saturated rings. The Hall–Kier alpha value is -1.88. The summed E-state index contributed by atoms with van der Waals surface area (Å²) < 4.78 is 27.3. The standard InChI is InChI=1S/C13H10Br2F2N4O3/c1-6-2-10(13(16)17)20(19-6)5-11(22)18-12-8(14)3-7(21(23)24)4-9(12)15/h2-4,13H,5H2,1H3,(H,18,22). The average Bonchev–Trinajstić information content (AvgIpc) is 2.83. The van der Waals surface area contributed by atoms with Crippen LogP contribution in [0.1, 0.15) is 17.8 Å². The summed E-state index contributed by atoms with van der Waals surface area (Å²) in [7, 11) is 0. The van der Waals surface area contributed by atoms with Gasteiger partial charge < -0.3 is 5.32 Å². The first-order valence-electron chi connectivity index (χ1n) is 6.45. The van der Waals surface area contributed by atoms with E-state index >= 15 is 0 Å². The number of nitro benzene ring substituents is 1. The van der Waals surface area contributed by atoms with E-state index in [0.717, 1.165) is 4.68 Å². The van der Waals surface area contributed by atoms with Gasteiger partial charge in [-0.05, 0) is 44.8 Å². The lowest BCUT2D eigenvalue weighted by Gasteiger charge is -2.11. The Morgan fingerprint density at radius 2 is 1.96 bits per heavy atom. The Bertz CT molecular complexity index is 788. The van der Waals surface area contributed by atoms with Crippen molar-refractivity contribution in [1.82, 2.24) is 9.78 Å². The smallest absolute Gasteiger partial charge is 0.280 e. The molecule has 2 aromatic rings. The third-order valence-corrected chi connectivity index (χ3v) is 4.20. The molecule has 7 nitrogen and oxygen atoms in total. The second-order valence-corrected chi connectivity index (χ2v) is 6.47. The lowest BCUT2D eigenvalue weighted by molar-refractivity contribution is -0.385. The molecule has 11 heteroatoms. The van der Waals surface area contributed by atoms with E-state index in [4.69, 9.17) is 0 Å². The van der Waals surface area contributed by atoms with Crippen LogP contribution in [0.15, 0.2) is 27.1 Å². The summed E-state index contributed by atoms with van der Waals surface area (Å²) in [6.07, 6.45) is -2.75. The number of non-ortho nitro benzene ring substituents is 1. The molecule has 0 radical (unpaired) electrons. The molecular weight excluding hydrogens is 458 g/mol. The largest absolute Gasteiger partial charge is 0.323 e. The zero-order valence-electron chi connectivity index (χ0n) is 12.1. The van der Waals surface area contributed by atoms with Crippen molar-refractivity contribution in [3.05, 3.63) is 48.6 Å². The summed E-state index contributed by atoms with van der Waals surface area (Å²) in [6, 6.07) is 3.65. The maximum Gasteiger partial charge on any atom is 0.280 e.